The highest BCUT2D eigenvalue weighted by atomic mass is 19.4. The molecule has 1 saturated heterocycles. The second-order valence-electron chi connectivity index (χ2n) is 6.98. The zero-order valence-electron chi connectivity index (χ0n) is 13.6. The molecular formula is C19H20F3NO2. The van der Waals surface area contributed by atoms with Crippen LogP contribution in [-0.4, -0.2) is 17.8 Å². The minimum atomic E-state index is -4.36. The largest absolute Gasteiger partial charge is 0.512 e. The minimum Gasteiger partial charge on any atom is -0.512 e. The standard InChI is InChI=1S/C19H20F3NO2/c20-19(21,22)12-6-7-16-15(10-12)18-14(5-2-8-25-18)17(23-16)11-3-1-4-13(24)9-11/h1,3-4,6-7,10-11,14,17-18,23-24H,2,5,8-9H2/t11?,14-,17-,18-/m0/s1. The molecule has 0 saturated carbocycles. The number of allylic oxidation sites excluding steroid dienone is 3. The maximum atomic E-state index is 13.1. The zero-order valence-corrected chi connectivity index (χ0v) is 13.6. The van der Waals surface area contributed by atoms with Gasteiger partial charge < -0.3 is 15.2 Å². The quantitative estimate of drug-likeness (QED) is 0.749. The molecule has 0 radical (unpaired) electrons. The fourth-order valence-electron chi connectivity index (χ4n) is 4.24. The highest BCUT2D eigenvalue weighted by molar-refractivity contribution is 5.58. The summed E-state index contributed by atoms with van der Waals surface area (Å²) in [6, 6.07) is 3.86. The van der Waals surface area contributed by atoms with Gasteiger partial charge in [0.1, 0.15) is 0 Å². The summed E-state index contributed by atoms with van der Waals surface area (Å²) >= 11 is 0. The molecule has 0 amide bonds. The topological polar surface area (TPSA) is 41.5 Å². The molecule has 1 aromatic rings. The Bertz CT molecular complexity index is 726. The van der Waals surface area contributed by atoms with Gasteiger partial charge in [-0.05, 0) is 37.1 Å². The molecule has 0 bridgehead atoms. The second kappa shape index (κ2) is 6.09. The number of benzene rings is 1. The van der Waals surface area contributed by atoms with E-state index in [1.54, 1.807) is 6.08 Å². The molecule has 2 heterocycles. The number of hydrogen-bond acceptors (Lipinski definition) is 3. The third kappa shape index (κ3) is 3.03. The van der Waals surface area contributed by atoms with Crippen LogP contribution in [0, 0.1) is 11.8 Å². The average Bonchev–Trinajstić information content (AvgIpc) is 2.60. The van der Waals surface area contributed by atoms with Crippen molar-refractivity contribution in [1.82, 2.24) is 0 Å². The predicted molar refractivity (Wildman–Crippen MR) is 88.2 cm³/mol. The van der Waals surface area contributed by atoms with E-state index in [1.165, 1.54) is 12.1 Å². The van der Waals surface area contributed by atoms with Crippen molar-refractivity contribution in [2.75, 3.05) is 11.9 Å². The van der Waals surface area contributed by atoms with E-state index in [1.807, 2.05) is 6.08 Å². The SMILES string of the molecule is OC1=CC=CC([C@@H]2Nc3ccc(C(F)(F)F)cc3[C@H]3OCCC[C@H]32)C1. The van der Waals surface area contributed by atoms with Crippen LogP contribution >= 0.6 is 0 Å². The molecule has 4 rings (SSSR count). The smallest absolute Gasteiger partial charge is 0.416 e. The molecule has 3 nitrogen and oxygen atoms in total. The molecule has 2 N–H and O–H groups in total. The van der Waals surface area contributed by atoms with Crippen molar-refractivity contribution in [1.29, 1.82) is 0 Å². The number of nitrogens with one attached hydrogen (secondary N) is 1. The molecule has 134 valence electrons. The number of anilines is 1. The van der Waals surface area contributed by atoms with Gasteiger partial charge in [0.25, 0.3) is 0 Å². The van der Waals surface area contributed by atoms with Crippen molar-refractivity contribution in [3.63, 3.8) is 0 Å². The summed E-state index contributed by atoms with van der Waals surface area (Å²) in [7, 11) is 0. The number of rotatable bonds is 1. The fraction of sp³-hybridized carbons (Fsp3) is 0.474. The maximum Gasteiger partial charge on any atom is 0.416 e. The summed E-state index contributed by atoms with van der Waals surface area (Å²) in [6.45, 7) is 0.565. The summed E-state index contributed by atoms with van der Waals surface area (Å²) in [4.78, 5) is 0. The van der Waals surface area contributed by atoms with Gasteiger partial charge in [-0.1, -0.05) is 12.2 Å². The van der Waals surface area contributed by atoms with Gasteiger partial charge in [-0.3, -0.25) is 0 Å². The van der Waals surface area contributed by atoms with Crippen LogP contribution in [0.3, 0.4) is 0 Å². The van der Waals surface area contributed by atoms with E-state index < -0.39 is 11.7 Å². The molecule has 1 aromatic carbocycles. The molecule has 1 unspecified atom stereocenters. The number of ether oxygens (including phenoxy) is 1. The molecule has 0 spiro atoms. The Hall–Kier alpha value is -1.95. The van der Waals surface area contributed by atoms with E-state index in [4.69, 9.17) is 4.74 Å². The lowest BCUT2D eigenvalue weighted by atomic mass is 9.73. The lowest BCUT2D eigenvalue weighted by Gasteiger charge is -2.46. The molecular weight excluding hydrogens is 331 g/mol. The van der Waals surface area contributed by atoms with E-state index in [-0.39, 0.29) is 24.0 Å². The van der Waals surface area contributed by atoms with Crippen LogP contribution < -0.4 is 5.32 Å². The van der Waals surface area contributed by atoms with Crippen LogP contribution in [0.25, 0.3) is 0 Å². The van der Waals surface area contributed by atoms with Crippen LogP contribution in [0.1, 0.15) is 36.5 Å². The molecule has 2 aliphatic heterocycles. The Balaban J connectivity index is 1.70. The number of halogens is 3. The lowest BCUT2D eigenvalue weighted by Crippen LogP contribution is -2.45. The summed E-state index contributed by atoms with van der Waals surface area (Å²) < 4.78 is 45.2. The van der Waals surface area contributed by atoms with Crippen LogP contribution in [0.5, 0.6) is 0 Å². The highest BCUT2D eigenvalue weighted by Gasteiger charge is 2.43. The predicted octanol–water partition coefficient (Wildman–Crippen LogP) is 4.99. The molecule has 1 fully saturated rings. The summed E-state index contributed by atoms with van der Waals surface area (Å²) in [5.74, 6) is 0.515. The Kier molecular flexibility index (Phi) is 4.02. The van der Waals surface area contributed by atoms with Gasteiger partial charge in [0, 0.05) is 42.2 Å². The van der Waals surface area contributed by atoms with E-state index in [0.29, 0.717) is 30.0 Å². The van der Waals surface area contributed by atoms with Gasteiger partial charge in [-0.25, -0.2) is 0 Å². The third-order valence-corrected chi connectivity index (χ3v) is 5.39. The number of hydrogen-bond donors (Lipinski definition) is 2. The monoisotopic (exact) mass is 351 g/mol. The lowest BCUT2D eigenvalue weighted by molar-refractivity contribution is -0.137. The van der Waals surface area contributed by atoms with Crippen molar-refractivity contribution in [2.24, 2.45) is 11.8 Å². The summed E-state index contributed by atoms with van der Waals surface area (Å²) in [6.07, 6.45) is 3.20. The minimum absolute atomic E-state index is 0.0293. The van der Waals surface area contributed by atoms with Gasteiger partial charge >= 0.3 is 6.18 Å². The van der Waals surface area contributed by atoms with Crippen LogP contribution in [0.2, 0.25) is 0 Å². The number of aliphatic hydroxyl groups excluding tert-OH is 1. The van der Waals surface area contributed by atoms with Crippen molar-refractivity contribution in [3.05, 3.63) is 53.3 Å². The Labute approximate surface area is 144 Å². The highest BCUT2D eigenvalue weighted by Crippen LogP contribution is 2.48. The number of alkyl halides is 3. The molecule has 0 aromatic heterocycles. The van der Waals surface area contributed by atoms with Gasteiger partial charge in [0.05, 0.1) is 17.4 Å². The van der Waals surface area contributed by atoms with Crippen LogP contribution in [0.4, 0.5) is 18.9 Å². The van der Waals surface area contributed by atoms with E-state index in [0.717, 1.165) is 18.9 Å². The van der Waals surface area contributed by atoms with Crippen molar-refractivity contribution in [3.8, 4) is 0 Å². The zero-order chi connectivity index (χ0) is 17.6. The first-order chi connectivity index (χ1) is 11.9. The van der Waals surface area contributed by atoms with E-state index in [9.17, 15) is 18.3 Å². The number of fused-ring (bicyclic) bond motifs is 3. The van der Waals surface area contributed by atoms with Gasteiger partial charge in [0.15, 0.2) is 0 Å². The Morgan fingerprint density at radius 3 is 2.84 bits per heavy atom. The van der Waals surface area contributed by atoms with Crippen molar-refractivity contribution < 1.29 is 23.0 Å². The van der Waals surface area contributed by atoms with Gasteiger partial charge in [-0.2, -0.15) is 13.2 Å². The Morgan fingerprint density at radius 1 is 1.24 bits per heavy atom. The molecule has 4 atom stereocenters. The van der Waals surface area contributed by atoms with E-state index in [2.05, 4.69) is 11.4 Å². The Morgan fingerprint density at radius 2 is 2.08 bits per heavy atom. The van der Waals surface area contributed by atoms with Crippen LogP contribution in [0.15, 0.2) is 42.2 Å². The summed E-state index contributed by atoms with van der Waals surface area (Å²) in [5, 5.41) is 13.3. The van der Waals surface area contributed by atoms with Crippen molar-refractivity contribution in [2.45, 2.75) is 37.6 Å². The maximum absolute atomic E-state index is 13.1. The van der Waals surface area contributed by atoms with Crippen LogP contribution in [-0.2, 0) is 10.9 Å². The normalized spacial score (nSPS) is 31.6. The average molecular weight is 351 g/mol. The molecule has 1 aliphatic carbocycles. The molecule has 6 heteroatoms. The molecule has 3 aliphatic rings. The van der Waals surface area contributed by atoms with E-state index >= 15 is 0 Å². The fourth-order valence-corrected chi connectivity index (χ4v) is 4.24. The van der Waals surface area contributed by atoms with Gasteiger partial charge in [0.2, 0.25) is 0 Å². The number of aliphatic hydroxyl groups is 1. The second-order valence-corrected chi connectivity index (χ2v) is 6.98. The third-order valence-electron chi connectivity index (χ3n) is 5.39. The summed E-state index contributed by atoms with van der Waals surface area (Å²) in [5.41, 5.74) is 0.650. The first-order valence-electron chi connectivity index (χ1n) is 8.59. The first-order valence-corrected chi connectivity index (χ1v) is 8.59. The molecule has 25 heavy (non-hydrogen) atoms. The van der Waals surface area contributed by atoms with Gasteiger partial charge in [-0.15, -0.1) is 0 Å². The van der Waals surface area contributed by atoms with Crippen molar-refractivity contribution >= 4 is 5.69 Å². The first kappa shape index (κ1) is 16.5.